The zero-order valence-electron chi connectivity index (χ0n) is 11.4. The second-order valence-electron chi connectivity index (χ2n) is 5.61. The van der Waals surface area contributed by atoms with Crippen molar-refractivity contribution in [1.29, 1.82) is 0 Å². The lowest BCUT2D eigenvalue weighted by molar-refractivity contribution is 0.463. The lowest BCUT2D eigenvalue weighted by atomic mass is 10.0. The molecular formula is C13H22N2O2S. The monoisotopic (exact) mass is 270 g/mol. The van der Waals surface area contributed by atoms with Gasteiger partial charge in [-0.1, -0.05) is 39.0 Å². The summed E-state index contributed by atoms with van der Waals surface area (Å²) in [6.45, 7) is 6.36. The maximum atomic E-state index is 12.0. The Morgan fingerprint density at radius 3 is 2.33 bits per heavy atom. The van der Waals surface area contributed by atoms with Crippen LogP contribution in [0.2, 0.25) is 0 Å². The van der Waals surface area contributed by atoms with E-state index in [2.05, 4.69) is 10.0 Å². The van der Waals surface area contributed by atoms with Gasteiger partial charge in [-0.3, -0.25) is 4.72 Å². The summed E-state index contributed by atoms with van der Waals surface area (Å²) >= 11 is 0. The highest BCUT2D eigenvalue weighted by atomic mass is 32.2. The lowest BCUT2D eigenvalue weighted by Gasteiger charge is -2.19. The van der Waals surface area contributed by atoms with Crippen LogP contribution in [0.3, 0.4) is 0 Å². The van der Waals surface area contributed by atoms with Crippen LogP contribution in [0.1, 0.15) is 26.3 Å². The molecule has 1 aromatic carbocycles. The predicted octanol–water partition coefficient (Wildman–Crippen LogP) is 2.19. The maximum Gasteiger partial charge on any atom is 0.233 e. The van der Waals surface area contributed by atoms with Crippen LogP contribution >= 0.6 is 0 Å². The van der Waals surface area contributed by atoms with Crippen molar-refractivity contribution < 1.29 is 8.42 Å². The van der Waals surface area contributed by atoms with Crippen molar-refractivity contribution in [3.8, 4) is 0 Å². The molecule has 0 aliphatic rings. The van der Waals surface area contributed by atoms with Crippen LogP contribution in [-0.2, 0) is 16.6 Å². The second-order valence-corrected chi connectivity index (χ2v) is 7.33. The van der Waals surface area contributed by atoms with Crippen molar-refractivity contribution >= 4 is 15.7 Å². The van der Waals surface area contributed by atoms with Crippen LogP contribution in [0, 0.1) is 5.41 Å². The molecule has 0 fully saturated rings. The summed E-state index contributed by atoms with van der Waals surface area (Å²) < 4.78 is 26.7. The Labute approximate surface area is 110 Å². The normalized spacial score (nSPS) is 12.4. The van der Waals surface area contributed by atoms with Gasteiger partial charge in [0.25, 0.3) is 0 Å². The zero-order valence-corrected chi connectivity index (χ0v) is 12.3. The minimum atomic E-state index is -3.31. The van der Waals surface area contributed by atoms with E-state index < -0.39 is 10.0 Å². The van der Waals surface area contributed by atoms with E-state index in [4.69, 9.17) is 0 Å². The van der Waals surface area contributed by atoms with Crippen LogP contribution in [0.5, 0.6) is 0 Å². The van der Waals surface area contributed by atoms with Gasteiger partial charge in [0.2, 0.25) is 10.0 Å². The number of hydrogen-bond donors (Lipinski definition) is 2. The highest BCUT2D eigenvalue weighted by molar-refractivity contribution is 7.92. The minimum Gasteiger partial charge on any atom is -0.316 e. The number of nitrogens with one attached hydrogen (secondary N) is 2. The molecule has 0 aromatic heterocycles. The van der Waals surface area contributed by atoms with E-state index in [-0.39, 0.29) is 11.2 Å². The number of rotatable bonds is 5. The van der Waals surface area contributed by atoms with Gasteiger partial charge in [-0.25, -0.2) is 8.42 Å². The summed E-state index contributed by atoms with van der Waals surface area (Å²) in [6, 6.07) is 7.42. The average molecular weight is 270 g/mol. The van der Waals surface area contributed by atoms with Crippen LogP contribution in [0.25, 0.3) is 0 Å². The van der Waals surface area contributed by atoms with Gasteiger partial charge in [0.1, 0.15) is 0 Å². The lowest BCUT2D eigenvalue weighted by Crippen LogP contribution is -2.26. The van der Waals surface area contributed by atoms with Crippen molar-refractivity contribution in [3.63, 3.8) is 0 Å². The Morgan fingerprint density at radius 2 is 1.78 bits per heavy atom. The first-order valence-corrected chi connectivity index (χ1v) is 7.62. The first-order valence-electron chi connectivity index (χ1n) is 5.96. The van der Waals surface area contributed by atoms with E-state index in [1.807, 2.05) is 46.0 Å². The van der Waals surface area contributed by atoms with Crippen molar-refractivity contribution in [2.24, 2.45) is 5.41 Å². The van der Waals surface area contributed by atoms with Crippen molar-refractivity contribution in [3.05, 3.63) is 29.8 Å². The number of sulfonamides is 1. The molecule has 1 rings (SSSR count). The fourth-order valence-electron chi connectivity index (χ4n) is 1.74. The molecule has 0 unspecified atom stereocenters. The molecule has 0 bridgehead atoms. The third-order valence-electron chi connectivity index (χ3n) is 2.27. The van der Waals surface area contributed by atoms with Crippen LogP contribution in [0.4, 0.5) is 5.69 Å². The van der Waals surface area contributed by atoms with Gasteiger partial charge in [0.15, 0.2) is 0 Å². The van der Waals surface area contributed by atoms with Gasteiger partial charge >= 0.3 is 0 Å². The Morgan fingerprint density at radius 1 is 1.17 bits per heavy atom. The van der Waals surface area contributed by atoms with Gasteiger partial charge < -0.3 is 5.32 Å². The van der Waals surface area contributed by atoms with Crippen molar-refractivity contribution in [2.45, 2.75) is 27.3 Å². The van der Waals surface area contributed by atoms with Crippen LogP contribution < -0.4 is 10.0 Å². The van der Waals surface area contributed by atoms with E-state index in [9.17, 15) is 8.42 Å². The number of benzene rings is 1. The Hall–Kier alpha value is -1.07. The van der Waals surface area contributed by atoms with Crippen molar-refractivity contribution in [1.82, 2.24) is 5.32 Å². The Balaban J connectivity index is 2.90. The molecular weight excluding hydrogens is 248 g/mol. The number of anilines is 1. The molecule has 0 saturated heterocycles. The summed E-state index contributed by atoms with van der Waals surface area (Å²) in [7, 11) is -1.48. The molecule has 4 nitrogen and oxygen atoms in total. The summed E-state index contributed by atoms with van der Waals surface area (Å²) in [5.41, 5.74) is 1.33. The molecule has 0 heterocycles. The molecule has 0 atom stereocenters. The zero-order chi connectivity index (χ0) is 13.8. The topological polar surface area (TPSA) is 58.2 Å². The SMILES string of the molecule is CNCc1ccccc1NS(=O)(=O)CC(C)(C)C. The van der Waals surface area contributed by atoms with E-state index in [0.717, 1.165) is 5.56 Å². The number of para-hydroxylation sites is 1. The number of hydrogen-bond acceptors (Lipinski definition) is 3. The van der Waals surface area contributed by atoms with Crippen LogP contribution in [-0.4, -0.2) is 21.2 Å². The average Bonchev–Trinajstić information content (AvgIpc) is 2.17. The van der Waals surface area contributed by atoms with E-state index in [1.165, 1.54) is 0 Å². The molecule has 2 N–H and O–H groups in total. The largest absolute Gasteiger partial charge is 0.316 e. The third-order valence-corrected chi connectivity index (χ3v) is 4.05. The molecule has 102 valence electrons. The Kier molecular flexibility index (Phi) is 4.76. The maximum absolute atomic E-state index is 12.0. The van der Waals surface area contributed by atoms with Gasteiger partial charge in [0.05, 0.1) is 11.4 Å². The first-order chi connectivity index (χ1) is 8.23. The second kappa shape index (κ2) is 5.71. The quantitative estimate of drug-likeness (QED) is 0.862. The van der Waals surface area contributed by atoms with E-state index >= 15 is 0 Å². The smallest absolute Gasteiger partial charge is 0.233 e. The molecule has 0 radical (unpaired) electrons. The summed E-state index contributed by atoms with van der Waals surface area (Å²) in [6.07, 6.45) is 0. The molecule has 18 heavy (non-hydrogen) atoms. The fourth-order valence-corrected chi connectivity index (χ4v) is 3.48. The van der Waals surface area contributed by atoms with Gasteiger partial charge in [-0.2, -0.15) is 0 Å². The Bertz CT molecular complexity index is 490. The molecule has 0 amide bonds. The summed E-state index contributed by atoms with van der Waals surface area (Å²) in [4.78, 5) is 0. The molecule has 0 aliphatic heterocycles. The first kappa shape index (κ1) is 15.0. The van der Waals surface area contributed by atoms with Gasteiger partial charge in [-0.15, -0.1) is 0 Å². The van der Waals surface area contributed by atoms with Crippen molar-refractivity contribution in [2.75, 3.05) is 17.5 Å². The third kappa shape index (κ3) is 5.06. The predicted molar refractivity (Wildman–Crippen MR) is 76.1 cm³/mol. The fraction of sp³-hybridized carbons (Fsp3) is 0.538. The highest BCUT2D eigenvalue weighted by Crippen LogP contribution is 2.21. The van der Waals surface area contributed by atoms with Crippen LogP contribution in [0.15, 0.2) is 24.3 Å². The van der Waals surface area contributed by atoms with E-state index in [0.29, 0.717) is 12.2 Å². The minimum absolute atomic E-state index is 0.105. The standard InChI is InChI=1S/C13H22N2O2S/c1-13(2,3)10-18(16,17)15-12-8-6-5-7-11(12)9-14-4/h5-8,14-15H,9-10H2,1-4H3. The van der Waals surface area contributed by atoms with E-state index in [1.54, 1.807) is 6.07 Å². The highest BCUT2D eigenvalue weighted by Gasteiger charge is 2.22. The summed E-state index contributed by atoms with van der Waals surface area (Å²) in [5.74, 6) is 0.105. The molecule has 0 aliphatic carbocycles. The van der Waals surface area contributed by atoms with Gasteiger partial charge in [-0.05, 0) is 24.1 Å². The molecule has 1 aromatic rings. The summed E-state index contributed by atoms with van der Waals surface area (Å²) in [5, 5.41) is 3.02. The molecule has 0 spiro atoms. The van der Waals surface area contributed by atoms with Gasteiger partial charge in [0, 0.05) is 6.54 Å². The molecule has 0 saturated carbocycles. The molecule has 5 heteroatoms.